The van der Waals surface area contributed by atoms with Crippen LogP contribution in [0, 0.1) is 0 Å². The highest BCUT2D eigenvalue weighted by Crippen LogP contribution is 2.17. The number of morpholine rings is 1. The summed E-state index contributed by atoms with van der Waals surface area (Å²) in [6, 6.07) is 7.90. The van der Waals surface area contributed by atoms with Gasteiger partial charge in [-0.15, -0.1) is 11.3 Å². The predicted octanol–water partition coefficient (Wildman–Crippen LogP) is 2.55. The number of hydrogen-bond donors (Lipinski definition) is 1. The van der Waals surface area contributed by atoms with Gasteiger partial charge in [-0.3, -0.25) is 4.79 Å². The molecule has 1 aliphatic heterocycles. The van der Waals surface area contributed by atoms with Gasteiger partial charge in [0, 0.05) is 24.4 Å². The molecule has 1 N–H and O–H groups in total. The zero-order valence-electron chi connectivity index (χ0n) is 12.3. The number of aryl methyl sites for hydroxylation is 1. The minimum Gasteiger partial charge on any atom is -0.378 e. The largest absolute Gasteiger partial charge is 0.378 e. The number of carbonyl (C=O) groups is 1. The lowest BCUT2D eigenvalue weighted by molar-refractivity contribution is -0.116. The number of aromatic nitrogens is 1. The zero-order chi connectivity index (χ0) is 15.2. The first kappa shape index (κ1) is 15.0. The smallest absolute Gasteiger partial charge is 0.225 e. The highest BCUT2D eigenvalue weighted by molar-refractivity contribution is 7.09. The first-order valence-electron chi connectivity index (χ1n) is 7.42. The van der Waals surface area contributed by atoms with Gasteiger partial charge in [-0.2, -0.15) is 0 Å². The summed E-state index contributed by atoms with van der Waals surface area (Å²) in [5, 5.41) is 4.87. The molecule has 0 unspecified atom stereocenters. The molecule has 0 aliphatic carbocycles. The molecule has 3 heterocycles. The summed E-state index contributed by atoms with van der Waals surface area (Å²) < 4.78 is 5.34. The highest BCUT2D eigenvalue weighted by Gasteiger charge is 2.11. The Morgan fingerprint density at radius 1 is 1.32 bits per heavy atom. The molecule has 22 heavy (non-hydrogen) atoms. The van der Waals surface area contributed by atoms with Gasteiger partial charge in [0.1, 0.15) is 5.82 Å². The summed E-state index contributed by atoms with van der Waals surface area (Å²) in [7, 11) is 0. The number of carbonyl (C=O) groups excluding carboxylic acids is 1. The maximum atomic E-state index is 11.9. The highest BCUT2D eigenvalue weighted by atomic mass is 32.1. The Hall–Kier alpha value is -1.92. The Balaban J connectivity index is 1.50. The first-order valence-corrected chi connectivity index (χ1v) is 8.30. The van der Waals surface area contributed by atoms with E-state index in [0.29, 0.717) is 12.2 Å². The fourth-order valence-corrected chi connectivity index (χ4v) is 3.07. The summed E-state index contributed by atoms with van der Waals surface area (Å²) in [5.41, 5.74) is 1.07. The van der Waals surface area contributed by atoms with Gasteiger partial charge in [0.25, 0.3) is 0 Å². The van der Waals surface area contributed by atoms with Crippen LogP contribution < -0.4 is 10.2 Å². The monoisotopic (exact) mass is 317 g/mol. The number of pyridine rings is 1. The minimum atomic E-state index is 0.0000208. The van der Waals surface area contributed by atoms with Crippen molar-refractivity contribution in [2.24, 2.45) is 0 Å². The number of amides is 1. The summed E-state index contributed by atoms with van der Waals surface area (Å²) in [6.07, 6.45) is 3.06. The number of rotatable bonds is 5. The molecule has 2 aromatic rings. The SMILES string of the molecule is O=C(CCc1cccs1)Nc1ccc(N2CCOCC2)cn1. The summed E-state index contributed by atoms with van der Waals surface area (Å²) in [4.78, 5) is 19.7. The lowest BCUT2D eigenvalue weighted by Gasteiger charge is -2.28. The van der Waals surface area contributed by atoms with Crippen molar-refractivity contribution < 1.29 is 9.53 Å². The lowest BCUT2D eigenvalue weighted by Crippen LogP contribution is -2.36. The fraction of sp³-hybridized carbons (Fsp3) is 0.375. The first-order chi connectivity index (χ1) is 10.8. The molecule has 2 aromatic heterocycles. The lowest BCUT2D eigenvalue weighted by atomic mass is 10.2. The van der Waals surface area contributed by atoms with Crippen molar-refractivity contribution in [2.45, 2.75) is 12.8 Å². The third-order valence-electron chi connectivity index (χ3n) is 3.57. The van der Waals surface area contributed by atoms with Crippen LogP contribution in [0.1, 0.15) is 11.3 Å². The van der Waals surface area contributed by atoms with Gasteiger partial charge in [-0.05, 0) is 30.0 Å². The molecule has 3 rings (SSSR count). The number of anilines is 2. The molecule has 0 bridgehead atoms. The van der Waals surface area contributed by atoms with Crippen molar-refractivity contribution >= 4 is 28.7 Å². The second-order valence-corrected chi connectivity index (χ2v) is 6.16. The Kier molecular flexibility index (Phi) is 5.03. The third kappa shape index (κ3) is 4.05. The Bertz CT molecular complexity index is 592. The Morgan fingerprint density at radius 3 is 2.86 bits per heavy atom. The maximum Gasteiger partial charge on any atom is 0.225 e. The number of thiophene rings is 1. The van der Waals surface area contributed by atoms with Crippen LogP contribution >= 0.6 is 11.3 Å². The van der Waals surface area contributed by atoms with E-state index in [1.807, 2.05) is 29.6 Å². The third-order valence-corrected chi connectivity index (χ3v) is 4.51. The standard InChI is InChI=1S/C16H19N3O2S/c20-16(6-4-14-2-1-11-22-14)18-15-5-3-13(12-17-15)19-7-9-21-10-8-19/h1-3,5,11-12H,4,6-10H2,(H,17,18,20). The van der Waals surface area contributed by atoms with Crippen molar-refractivity contribution in [3.8, 4) is 0 Å². The summed E-state index contributed by atoms with van der Waals surface area (Å²) in [5.74, 6) is 0.605. The normalized spacial score (nSPS) is 14.8. The molecular weight excluding hydrogens is 298 g/mol. The maximum absolute atomic E-state index is 11.9. The van der Waals surface area contributed by atoms with E-state index in [2.05, 4.69) is 15.2 Å². The number of nitrogens with zero attached hydrogens (tertiary/aromatic N) is 2. The van der Waals surface area contributed by atoms with Crippen LogP contribution in [-0.4, -0.2) is 37.2 Å². The van der Waals surface area contributed by atoms with Crippen molar-refractivity contribution in [2.75, 3.05) is 36.5 Å². The van der Waals surface area contributed by atoms with E-state index in [1.54, 1.807) is 17.5 Å². The molecule has 1 amide bonds. The van der Waals surface area contributed by atoms with Crippen LogP contribution in [0.15, 0.2) is 35.8 Å². The predicted molar refractivity (Wildman–Crippen MR) is 88.5 cm³/mol. The molecule has 0 spiro atoms. The number of nitrogens with one attached hydrogen (secondary N) is 1. The number of hydrogen-bond acceptors (Lipinski definition) is 5. The van der Waals surface area contributed by atoms with Crippen LogP contribution in [-0.2, 0) is 16.0 Å². The van der Waals surface area contributed by atoms with Gasteiger partial charge in [0.05, 0.1) is 25.1 Å². The second-order valence-electron chi connectivity index (χ2n) is 5.13. The van der Waals surface area contributed by atoms with Crippen molar-refractivity contribution in [1.29, 1.82) is 0 Å². The second kappa shape index (κ2) is 7.38. The van der Waals surface area contributed by atoms with Crippen LogP contribution in [0.3, 0.4) is 0 Å². The molecule has 116 valence electrons. The zero-order valence-corrected chi connectivity index (χ0v) is 13.1. The van der Waals surface area contributed by atoms with E-state index in [-0.39, 0.29) is 5.91 Å². The molecule has 6 heteroatoms. The number of ether oxygens (including phenoxy) is 1. The molecule has 5 nitrogen and oxygen atoms in total. The molecule has 1 aliphatic rings. The van der Waals surface area contributed by atoms with Gasteiger partial charge >= 0.3 is 0 Å². The average molecular weight is 317 g/mol. The van der Waals surface area contributed by atoms with E-state index >= 15 is 0 Å². The van der Waals surface area contributed by atoms with Gasteiger partial charge in [-0.1, -0.05) is 6.07 Å². The molecule has 0 radical (unpaired) electrons. The van der Waals surface area contributed by atoms with Crippen molar-refractivity contribution in [3.05, 3.63) is 40.7 Å². The van der Waals surface area contributed by atoms with Crippen molar-refractivity contribution in [3.63, 3.8) is 0 Å². The fourth-order valence-electron chi connectivity index (χ4n) is 2.37. The van der Waals surface area contributed by atoms with E-state index in [0.717, 1.165) is 38.4 Å². The molecule has 1 fully saturated rings. The Morgan fingerprint density at radius 2 is 2.18 bits per heavy atom. The topological polar surface area (TPSA) is 54.5 Å². The Labute approximate surface area is 133 Å². The van der Waals surface area contributed by atoms with Crippen LogP contribution in [0.4, 0.5) is 11.5 Å². The molecule has 0 atom stereocenters. The van der Waals surface area contributed by atoms with E-state index in [4.69, 9.17) is 4.74 Å². The molecular formula is C16H19N3O2S. The quantitative estimate of drug-likeness (QED) is 0.921. The van der Waals surface area contributed by atoms with Gasteiger partial charge < -0.3 is 15.0 Å². The van der Waals surface area contributed by atoms with E-state index in [1.165, 1.54) is 4.88 Å². The molecule has 0 aromatic carbocycles. The minimum absolute atomic E-state index is 0.0000208. The van der Waals surface area contributed by atoms with Gasteiger partial charge in [0.15, 0.2) is 0 Å². The van der Waals surface area contributed by atoms with Gasteiger partial charge in [0.2, 0.25) is 5.91 Å². The van der Waals surface area contributed by atoms with Crippen LogP contribution in [0.25, 0.3) is 0 Å². The van der Waals surface area contributed by atoms with Crippen LogP contribution in [0.2, 0.25) is 0 Å². The van der Waals surface area contributed by atoms with Crippen LogP contribution in [0.5, 0.6) is 0 Å². The van der Waals surface area contributed by atoms with E-state index < -0.39 is 0 Å². The summed E-state index contributed by atoms with van der Waals surface area (Å²) >= 11 is 1.68. The van der Waals surface area contributed by atoms with Gasteiger partial charge in [-0.25, -0.2) is 4.98 Å². The summed E-state index contributed by atoms with van der Waals surface area (Å²) in [6.45, 7) is 3.27. The average Bonchev–Trinajstić information content (AvgIpc) is 3.08. The van der Waals surface area contributed by atoms with Crippen molar-refractivity contribution in [1.82, 2.24) is 4.98 Å². The molecule has 1 saturated heterocycles. The molecule has 0 saturated carbocycles. The van der Waals surface area contributed by atoms with E-state index in [9.17, 15) is 4.79 Å².